The second-order valence-corrected chi connectivity index (χ2v) is 5.47. The Morgan fingerprint density at radius 3 is 2.94 bits per heavy atom. The molecule has 1 fully saturated rings. The zero-order chi connectivity index (χ0) is 13.3. The Labute approximate surface area is 116 Å². The third-order valence-corrected chi connectivity index (χ3v) is 4.00. The molecular formula is C13H15Cl2NO2. The van der Waals surface area contributed by atoms with Crippen LogP contribution in [0.25, 0.3) is 0 Å². The van der Waals surface area contributed by atoms with Crippen LogP contribution >= 0.6 is 23.2 Å². The Hall–Kier alpha value is -0.770. The summed E-state index contributed by atoms with van der Waals surface area (Å²) in [7, 11) is 0. The molecule has 3 atom stereocenters. The number of benzene rings is 1. The maximum atomic E-state index is 11.9. The SMILES string of the molecule is CC(CO)NC(=O)C1CC1c1cccc(Cl)c1Cl. The molecule has 0 aliphatic heterocycles. The van der Waals surface area contributed by atoms with E-state index < -0.39 is 0 Å². The van der Waals surface area contributed by atoms with Gasteiger partial charge in [0.2, 0.25) is 5.91 Å². The number of rotatable bonds is 4. The van der Waals surface area contributed by atoms with Crippen LogP contribution in [0.15, 0.2) is 18.2 Å². The highest BCUT2D eigenvalue weighted by Gasteiger charge is 2.45. The van der Waals surface area contributed by atoms with Gasteiger partial charge in [-0.25, -0.2) is 0 Å². The Morgan fingerprint density at radius 2 is 2.28 bits per heavy atom. The van der Waals surface area contributed by atoms with Gasteiger partial charge >= 0.3 is 0 Å². The van der Waals surface area contributed by atoms with Crippen LogP contribution in [0.1, 0.15) is 24.8 Å². The Morgan fingerprint density at radius 1 is 1.56 bits per heavy atom. The van der Waals surface area contributed by atoms with Crippen molar-refractivity contribution < 1.29 is 9.90 Å². The minimum Gasteiger partial charge on any atom is -0.394 e. The van der Waals surface area contributed by atoms with Crippen molar-refractivity contribution in [3.63, 3.8) is 0 Å². The Balaban J connectivity index is 2.03. The van der Waals surface area contributed by atoms with E-state index in [0.29, 0.717) is 10.0 Å². The average molecular weight is 288 g/mol. The van der Waals surface area contributed by atoms with E-state index in [0.717, 1.165) is 12.0 Å². The summed E-state index contributed by atoms with van der Waals surface area (Å²) in [5, 5.41) is 12.7. The van der Waals surface area contributed by atoms with Gasteiger partial charge in [0.15, 0.2) is 0 Å². The number of hydrogen-bond acceptors (Lipinski definition) is 2. The fourth-order valence-corrected chi connectivity index (χ4v) is 2.48. The summed E-state index contributed by atoms with van der Waals surface area (Å²) in [6.45, 7) is 1.71. The summed E-state index contributed by atoms with van der Waals surface area (Å²) in [5.74, 6) is 0.0506. The lowest BCUT2D eigenvalue weighted by molar-refractivity contribution is -0.123. The number of nitrogens with one attached hydrogen (secondary N) is 1. The number of amides is 1. The number of carbonyl (C=O) groups excluding carboxylic acids is 1. The highest BCUT2D eigenvalue weighted by molar-refractivity contribution is 6.42. The van der Waals surface area contributed by atoms with Crippen molar-refractivity contribution in [3.8, 4) is 0 Å². The predicted molar refractivity (Wildman–Crippen MR) is 72.0 cm³/mol. The van der Waals surface area contributed by atoms with Gasteiger partial charge in [-0.15, -0.1) is 0 Å². The molecule has 1 aromatic rings. The lowest BCUT2D eigenvalue weighted by atomic mass is 10.1. The molecule has 1 aromatic carbocycles. The van der Waals surface area contributed by atoms with Gasteiger partial charge in [0.05, 0.1) is 16.7 Å². The maximum absolute atomic E-state index is 11.9. The molecule has 2 N–H and O–H groups in total. The van der Waals surface area contributed by atoms with Crippen molar-refractivity contribution in [2.75, 3.05) is 6.61 Å². The molecule has 5 heteroatoms. The molecule has 0 aromatic heterocycles. The van der Waals surface area contributed by atoms with Crippen molar-refractivity contribution in [2.24, 2.45) is 5.92 Å². The molecule has 1 saturated carbocycles. The van der Waals surface area contributed by atoms with Crippen molar-refractivity contribution >= 4 is 29.1 Å². The monoisotopic (exact) mass is 287 g/mol. The first-order chi connectivity index (χ1) is 8.54. The first-order valence-electron chi connectivity index (χ1n) is 5.89. The van der Waals surface area contributed by atoms with E-state index in [1.165, 1.54) is 0 Å². The smallest absolute Gasteiger partial charge is 0.224 e. The standard InChI is InChI=1S/C13H15Cl2NO2/c1-7(6-17)16-13(18)10-5-9(10)8-3-2-4-11(14)12(8)15/h2-4,7,9-10,17H,5-6H2,1H3,(H,16,18). The zero-order valence-corrected chi connectivity index (χ0v) is 11.5. The minimum atomic E-state index is -0.214. The zero-order valence-electron chi connectivity index (χ0n) is 9.99. The summed E-state index contributed by atoms with van der Waals surface area (Å²) < 4.78 is 0. The lowest BCUT2D eigenvalue weighted by Gasteiger charge is -2.10. The molecular weight excluding hydrogens is 273 g/mol. The topological polar surface area (TPSA) is 49.3 Å². The molecule has 1 aliphatic carbocycles. The number of aliphatic hydroxyl groups is 1. The molecule has 0 saturated heterocycles. The average Bonchev–Trinajstić information content (AvgIpc) is 3.12. The number of aliphatic hydroxyl groups excluding tert-OH is 1. The predicted octanol–water partition coefficient (Wildman–Crippen LogP) is 2.59. The summed E-state index contributed by atoms with van der Waals surface area (Å²) in [5.41, 5.74) is 0.931. The molecule has 18 heavy (non-hydrogen) atoms. The van der Waals surface area contributed by atoms with E-state index in [4.69, 9.17) is 28.3 Å². The largest absolute Gasteiger partial charge is 0.394 e. The van der Waals surface area contributed by atoms with Crippen LogP contribution in [-0.2, 0) is 4.79 Å². The first-order valence-corrected chi connectivity index (χ1v) is 6.65. The van der Waals surface area contributed by atoms with Gasteiger partial charge in [0.1, 0.15) is 0 Å². The Bertz CT molecular complexity index is 464. The maximum Gasteiger partial charge on any atom is 0.224 e. The lowest BCUT2D eigenvalue weighted by Crippen LogP contribution is -2.36. The molecule has 3 unspecified atom stereocenters. The molecule has 0 heterocycles. The van der Waals surface area contributed by atoms with Crippen LogP contribution in [0, 0.1) is 5.92 Å². The van der Waals surface area contributed by atoms with Gasteiger partial charge in [-0.05, 0) is 30.9 Å². The van der Waals surface area contributed by atoms with Gasteiger partial charge < -0.3 is 10.4 Å². The van der Waals surface area contributed by atoms with Crippen molar-refractivity contribution in [2.45, 2.75) is 25.3 Å². The fraction of sp³-hybridized carbons (Fsp3) is 0.462. The number of carbonyl (C=O) groups is 1. The van der Waals surface area contributed by atoms with Crippen LogP contribution in [0.2, 0.25) is 10.0 Å². The molecule has 1 aliphatic rings. The number of hydrogen-bond donors (Lipinski definition) is 2. The molecule has 0 bridgehead atoms. The van der Waals surface area contributed by atoms with Crippen LogP contribution in [0.3, 0.4) is 0 Å². The summed E-state index contributed by atoms with van der Waals surface area (Å²) in [4.78, 5) is 11.9. The van der Waals surface area contributed by atoms with Crippen LogP contribution in [0.4, 0.5) is 0 Å². The van der Waals surface area contributed by atoms with Crippen molar-refractivity contribution in [1.29, 1.82) is 0 Å². The Kier molecular flexibility index (Phi) is 4.15. The number of halogens is 2. The van der Waals surface area contributed by atoms with Crippen LogP contribution in [0.5, 0.6) is 0 Å². The van der Waals surface area contributed by atoms with Gasteiger partial charge in [-0.2, -0.15) is 0 Å². The molecule has 98 valence electrons. The van der Waals surface area contributed by atoms with E-state index >= 15 is 0 Å². The third kappa shape index (κ3) is 2.79. The molecule has 0 spiro atoms. The van der Waals surface area contributed by atoms with Crippen molar-refractivity contribution in [3.05, 3.63) is 33.8 Å². The van der Waals surface area contributed by atoms with Gasteiger partial charge in [-0.3, -0.25) is 4.79 Å². The highest BCUT2D eigenvalue weighted by Crippen LogP contribution is 2.50. The molecule has 1 amide bonds. The normalized spacial score (nSPS) is 23.6. The van der Waals surface area contributed by atoms with E-state index in [1.807, 2.05) is 12.1 Å². The third-order valence-electron chi connectivity index (χ3n) is 3.17. The fourth-order valence-electron chi connectivity index (χ4n) is 2.03. The first kappa shape index (κ1) is 13.7. The van der Waals surface area contributed by atoms with Gasteiger partial charge in [0, 0.05) is 12.0 Å². The summed E-state index contributed by atoms with van der Waals surface area (Å²) in [6.07, 6.45) is 0.782. The summed E-state index contributed by atoms with van der Waals surface area (Å²) in [6, 6.07) is 5.27. The van der Waals surface area contributed by atoms with E-state index in [1.54, 1.807) is 13.0 Å². The molecule has 0 radical (unpaired) electrons. The van der Waals surface area contributed by atoms with E-state index in [9.17, 15) is 4.79 Å². The second kappa shape index (κ2) is 5.47. The quantitative estimate of drug-likeness (QED) is 0.894. The molecule has 2 rings (SSSR count). The van der Waals surface area contributed by atoms with Gasteiger partial charge in [0.25, 0.3) is 0 Å². The molecule has 3 nitrogen and oxygen atoms in total. The van der Waals surface area contributed by atoms with Gasteiger partial charge in [-0.1, -0.05) is 35.3 Å². The van der Waals surface area contributed by atoms with E-state index in [2.05, 4.69) is 5.32 Å². The van der Waals surface area contributed by atoms with Crippen LogP contribution < -0.4 is 5.32 Å². The second-order valence-electron chi connectivity index (χ2n) is 4.68. The van der Waals surface area contributed by atoms with Crippen molar-refractivity contribution in [1.82, 2.24) is 5.32 Å². The highest BCUT2D eigenvalue weighted by atomic mass is 35.5. The van der Waals surface area contributed by atoms with Crippen LogP contribution in [-0.4, -0.2) is 23.7 Å². The summed E-state index contributed by atoms with van der Waals surface area (Å²) >= 11 is 12.1. The minimum absolute atomic E-state index is 0.0300. The van der Waals surface area contributed by atoms with E-state index in [-0.39, 0.29) is 30.4 Å².